The number of carbonyl (C=O) groups excluding carboxylic acids is 1. The fraction of sp³-hybridized carbons (Fsp3) is 0.381. The van der Waals surface area contributed by atoms with Crippen molar-refractivity contribution in [1.29, 1.82) is 0 Å². The van der Waals surface area contributed by atoms with Crippen molar-refractivity contribution in [3.63, 3.8) is 0 Å². The van der Waals surface area contributed by atoms with Gasteiger partial charge in [0.25, 0.3) is 0 Å². The predicted molar refractivity (Wildman–Crippen MR) is 95.5 cm³/mol. The molecule has 1 aliphatic rings. The van der Waals surface area contributed by atoms with Crippen LogP contribution in [0.2, 0.25) is 0 Å². The summed E-state index contributed by atoms with van der Waals surface area (Å²) >= 11 is 0. The van der Waals surface area contributed by atoms with Crippen molar-refractivity contribution in [1.82, 2.24) is 0 Å². The Balaban J connectivity index is 1.90. The van der Waals surface area contributed by atoms with E-state index in [1.54, 1.807) is 13.8 Å². The van der Waals surface area contributed by atoms with Crippen molar-refractivity contribution in [2.75, 3.05) is 6.61 Å². The molecule has 0 saturated heterocycles. The van der Waals surface area contributed by atoms with Crippen LogP contribution in [0.15, 0.2) is 42.5 Å². The van der Waals surface area contributed by atoms with Crippen LogP contribution in [-0.2, 0) is 4.79 Å². The summed E-state index contributed by atoms with van der Waals surface area (Å²) in [4.78, 5) is 12.5. The first-order chi connectivity index (χ1) is 13.0. The number of halogens is 4. The average Bonchev–Trinajstić information content (AvgIpc) is 3.45. The Kier molecular flexibility index (Phi) is 5.37. The number of esters is 1. The van der Waals surface area contributed by atoms with E-state index in [4.69, 9.17) is 9.47 Å². The van der Waals surface area contributed by atoms with E-state index >= 15 is 0 Å². The molecule has 3 nitrogen and oxygen atoms in total. The fourth-order valence-electron chi connectivity index (χ4n) is 2.90. The third kappa shape index (κ3) is 5.03. The molecule has 1 saturated carbocycles. The summed E-state index contributed by atoms with van der Waals surface area (Å²) in [6, 6.07) is 9.60. The van der Waals surface area contributed by atoms with Gasteiger partial charge in [0, 0.05) is 6.07 Å². The monoisotopic (exact) mass is 396 g/mol. The minimum absolute atomic E-state index is 0.0812. The molecule has 0 radical (unpaired) electrons. The second-order valence-corrected chi connectivity index (χ2v) is 7.49. The van der Waals surface area contributed by atoms with Gasteiger partial charge in [-0.2, -0.15) is 13.2 Å². The summed E-state index contributed by atoms with van der Waals surface area (Å²) in [7, 11) is 0. The average molecular weight is 396 g/mol. The highest BCUT2D eigenvalue weighted by Crippen LogP contribution is 2.46. The maximum atomic E-state index is 13.2. The van der Waals surface area contributed by atoms with E-state index in [-0.39, 0.29) is 17.4 Å². The second-order valence-electron chi connectivity index (χ2n) is 7.49. The normalized spacial score (nSPS) is 14.6. The highest BCUT2D eigenvalue weighted by atomic mass is 19.4. The van der Waals surface area contributed by atoms with Crippen molar-refractivity contribution < 1.29 is 31.8 Å². The van der Waals surface area contributed by atoms with Gasteiger partial charge < -0.3 is 9.47 Å². The van der Waals surface area contributed by atoms with Gasteiger partial charge in [-0.25, -0.2) is 4.39 Å². The van der Waals surface area contributed by atoms with Gasteiger partial charge in [-0.05, 0) is 68.0 Å². The van der Waals surface area contributed by atoms with Crippen LogP contribution in [0.4, 0.5) is 17.6 Å². The number of hydrogen-bond acceptors (Lipinski definition) is 3. The molecule has 1 fully saturated rings. The molecule has 28 heavy (non-hydrogen) atoms. The summed E-state index contributed by atoms with van der Waals surface area (Å²) in [5, 5.41) is 0. The third-order valence-corrected chi connectivity index (χ3v) is 4.79. The molecule has 7 heteroatoms. The number of ether oxygens (including phenoxy) is 2. The summed E-state index contributed by atoms with van der Waals surface area (Å²) in [5.74, 6) is -0.663. The first-order valence-electron chi connectivity index (χ1n) is 8.87. The molecule has 1 aliphatic carbocycles. The second kappa shape index (κ2) is 7.45. The lowest BCUT2D eigenvalue weighted by Crippen LogP contribution is -2.31. The first-order valence-corrected chi connectivity index (χ1v) is 8.87. The maximum absolute atomic E-state index is 13.2. The molecule has 3 rings (SSSR count). The predicted octanol–water partition coefficient (Wildman–Crippen LogP) is 5.78. The van der Waals surface area contributed by atoms with Crippen LogP contribution in [0.3, 0.4) is 0 Å². The Labute approximate surface area is 160 Å². The lowest BCUT2D eigenvalue weighted by atomic mass is 9.87. The van der Waals surface area contributed by atoms with Gasteiger partial charge in [-0.1, -0.05) is 12.1 Å². The summed E-state index contributed by atoms with van der Waals surface area (Å²) < 4.78 is 61.0. The molecular formula is C21H20F4O3. The van der Waals surface area contributed by atoms with E-state index in [2.05, 4.69) is 0 Å². The first kappa shape index (κ1) is 20.2. The smallest absolute Gasteiger partial charge is 0.422 e. The molecule has 0 heterocycles. The van der Waals surface area contributed by atoms with E-state index in [9.17, 15) is 22.4 Å². The van der Waals surface area contributed by atoms with Gasteiger partial charge in [0.05, 0.1) is 5.41 Å². The molecule has 0 aliphatic heterocycles. The molecule has 0 N–H and O–H groups in total. The van der Waals surface area contributed by atoms with Crippen molar-refractivity contribution in [3.8, 4) is 22.6 Å². The fourth-order valence-corrected chi connectivity index (χ4v) is 2.90. The van der Waals surface area contributed by atoms with Gasteiger partial charge in [-0.3, -0.25) is 4.79 Å². The third-order valence-electron chi connectivity index (χ3n) is 4.79. The SMILES string of the molecule is CC(C)(C(=O)Oc1cc(OCC(F)(F)F)cc(-c2ccc(F)cc2)c1)C1CC1. The van der Waals surface area contributed by atoms with Crippen LogP contribution in [-0.4, -0.2) is 18.8 Å². The van der Waals surface area contributed by atoms with Crippen molar-refractivity contribution >= 4 is 5.97 Å². The van der Waals surface area contributed by atoms with E-state index in [0.717, 1.165) is 12.8 Å². The Hall–Kier alpha value is -2.57. The minimum Gasteiger partial charge on any atom is -0.484 e. The van der Waals surface area contributed by atoms with Crippen LogP contribution < -0.4 is 9.47 Å². The van der Waals surface area contributed by atoms with E-state index < -0.39 is 30.0 Å². The lowest BCUT2D eigenvalue weighted by Gasteiger charge is -2.22. The topological polar surface area (TPSA) is 35.5 Å². The van der Waals surface area contributed by atoms with Crippen LogP contribution in [0.1, 0.15) is 26.7 Å². The summed E-state index contributed by atoms with van der Waals surface area (Å²) in [6.45, 7) is 2.11. The number of carbonyl (C=O) groups is 1. The zero-order valence-corrected chi connectivity index (χ0v) is 15.5. The molecule has 0 atom stereocenters. The number of rotatable bonds is 6. The highest BCUT2D eigenvalue weighted by molar-refractivity contribution is 5.80. The van der Waals surface area contributed by atoms with Crippen LogP contribution >= 0.6 is 0 Å². The largest absolute Gasteiger partial charge is 0.484 e. The molecule has 2 aromatic rings. The minimum atomic E-state index is -4.50. The van der Waals surface area contributed by atoms with E-state index in [1.165, 1.54) is 42.5 Å². The molecule has 0 amide bonds. The van der Waals surface area contributed by atoms with Crippen LogP contribution in [0.25, 0.3) is 11.1 Å². The molecule has 0 unspecified atom stereocenters. The van der Waals surface area contributed by atoms with Crippen LogP contribution in [0.5, 0.6) is 11.5 Å². The number of hydrogen-bond donors (Lipinski definition) is 0. The van der Waals surface area contributed by atoms with Crippen molar-refractivity contribution in [2.24, 2.45) is 11.3 Å². The molecule has 150 valence electrons. The summed E-state index contributed by atoms with van der Waals surface area (Å²) in [6.07, 6.45) is -2.62. The number of benzene rings is 2. The van der Waals surface area contributed by atoms with Gasteiger partial charge in [0.2, 0.25) is 0 Å². The molecule has 0 bridgehead atoms. The van der Waals surface area contributed by atoms with E-state index in [0.29, 0.717) is 11.1 Å². The van der Waals surface area contributed by atoms with E-state index in [1.807, 2.05) is 0 Å². The zero-order valence-electron chi connectivity index (χ0n) is 15.5. The van der Waals surface area contributed by atoms with Crippen LogP contribution in [0, 0.1) is 17.2 Å². The quantitative estimate of drug-likeness (QED) is 0.353. The summed E-state index contributed by atoms with van der Waals surface area (Å²) in [5.41, 5.74) is 0.322. The Bertz CT molecular complexity index is 853. The Morgan fingerprint density at radius 2 is 1.61 bits per heavy atom. The van der Waals surface area contributed by atoms with Crippen molar-refractivity contribution in [2.45, 2.75) is 32.9 Å². The highest BCUT2D eigenvalue weighted by Gasteiger charge is 2.44. The standard InChI is InChI=1S/C21H20F4O3/c1-20(2,15-5-6-15)19(26)28-18-10-14(13-3-7-16(22)8-4-13)9-17(11-18)27-12-21(23,24)25/h3-4,7-11,15H,5-6,12H2,1-2H3. The molecular weight excluding hydrogens is 376 g/mol. The zero-order chi connectivity index (χ0) is 20.5. The Morgan fingerprint density at radius 1 is 1.00 bits per heavy atom. The van der Waals surface area contributed by atoms with Gasteiger partial charge in [-0.15, -0.1) is 0 Å². The van der Waals surface area contributed by atoms with Crippen molar-refractivity contribution in [3.05, 3.63) is 48.3 Å². The lowest BCUT2D eigenvalue weighted by molar-refractivity contribution is -0.153. The Morgan fingerprint density at radius 3 is 2.18 bits per heavy atom. The molecule has 2 aromatic carbocycles. The number of alkyl halides is 3. The van der Waals surface area contributed by atoms with Gasteiger partial charge >= 0.3 is 12.1 Å². The maximum Gasteiger partial charge on any atom is 0.422 e. The van der Waals surface area contributed by atoms with Gasteiger partial charge in [0.1, 0.15) is 17.3 Å². The van der Waals surface area contributed by atoms with Gasteiger partial charge in [0.15, 0.2) is 6.61 Å². The molecule has 0 aromatic heterocycles. The molecule has 0 spiro atoms.